The van der Waals surface area contributed by atoms with E-state index in [0.717, 1.165) is 5.56 Å². The molecule has 0 bridgehead atoms. The van der Waals surface area contributed by atoms with Crippen molar-refractivity contribution in [2.24, 2.45) is 0 Å². The van der Waals surface area contributed by atoms with E-state index in [2.05, 4.69) is 10.2 Å². The van der Waals surface area contributed by atoms with Gasteiger partial charge in [0.05, 0.1) is 19.3 Å². The fourth-order valence-corrected chi connectivity index (χ4v) is 3.93. The third-order valence-corrected chi connectivity index (χ3v) is 5.72. The van der Waals surface area contributed by atoms with E-state index >= 15 is 0 Å². The Kier molecular flexibility index (Phi) is 11.2. The van der Waals surface area contributed by atoms with Crippen molar-refractivity contribution in [2.75, 3.05) is 19.8 Å². The fourth-order valence-electron chi connectivity index (χ4n) is 3.93. The molecule has 1 heterocycles. The molecular weight excluding hydrogens is 446 g/mol. The summed E-state index contributed by atoms with van der Waals surface area (Å²) in [6.07, 6.45) is 3.64. The Morgan fingerprint density at radius 1 is 1.21 bits per heavy atom. The largest absolute Gasteiger partial charge is 0.480 e. The molecule has 1 fully saturated rings. The van der Waals surface area contributed by atoms with Crippen molar-refractivity contribution in [1.82, 2.24) is 10.2 Å². The molecule has 1 amide bonds. The van der Waals surface area contributed by atoms with Gasteiger partial charge in [0.15, 0.2) is 0 Å². The maximum Gasteiger partial charge on any atom is 0.326 e. The number of carbonyl (C=O) groups excluding carboxylic acids is 2. The van der Waals surface area contributed by atoms with Crippen molar-refractivity contribution < 1.29 is 34.2 Å². The van der Waals surface area contributed by atoms with Gasteiger partial charge in [0.25, 0.3) is 5.09 Å². The molecule has 11 heteroatoms. The summed E-state index contributed by atoms with van der Waals surface area (Å²) in [6.45, 7) is 2.14. The Balaban J connectivity index is 1.91. The smallest absolute Gasteiger partial charge is 0.326 e. The van der Waals surface area contributed by atoms with Gasteiger partial charge in [-0.1, -0.05) is 30.3 Å². The average Bonchev–Trinajstić information content (AvgIpc) is 3.31. The zero-order chi connectivity index (χ0) is 24.9. The second-order valence-corrected chi connectivity index (χ2v) is 8.28. The third kappa shape index (κ3) is 8.97. The number of nitrogens with one attached hydrogen (secondary N) is 1. The van der Waals surface area contributed by atoms with Crippen LogP contribution in [0.3, 0.4) is 0 Å². The van der Waals surface area contributed by atoms with E-state index in [4.69, 9.17) is 4.74 Å². The standard InChI is InChI=1S/C23H33N3O8/c1-17(21(27)25-14-8-11-20(25)22(28)29)24-19(13-12-18-9-4-2-5-10-18)23(30)33-15-6-3-7-16-34-26(31)32/h2,4-5,9-10,17,19-20,24H,3,6-8,11-16H2,1H3,(H,28,29). The van der Waals surface area contributed by atoms with Crippen LogP contribution in [0.1, 0.15) is 51.0 Å². The summed E-state index contributed by atoms with van der Waals surface area (Å²) in [5, 5.41) is 21.7. The lowest BCUT2D eigenvalue weighted by Crippen LogP contribution is -2.53. The highest BCUT2D eigenvalue weighted by Gasteiger charge is 2.37. The number of nitrogens with zero attached hydrogens (tertiary/aromatic N) is 2. The molecule has 2 N–H and O–H groups in total. The minimum absolute atomic E-state index is 0.00430. The third-order valence-electron chi connectivity index (χ3n) is 5.72. The predicted molar refractivity (Wildman–Crippen MR) is 121 cm³/mol. The number of hydrogen-bond acceptors (Lipinski definition) is 8. The zero-order valence-electron chi connectivity index (χ0n) is 19.4. The first kappa shape index (κ1) is 27.0. The van der Waals surface area contributed by atoms with Crippen molar-refractivity contribution >= 4 is 17.8 Å². The van der Waals surface area contributed by atoms with E-state index in [1.54, 1.807) is 6.92 Å². The number of aryl methyl sites for hydroxylation is 1. The van der Waals surface area contributed by atoms with Gasteiger partial charge in [-0.2, -0.15) is 0 Å². The molecule has 1 aliphatic heterocycles. The monoisotopic (exact) mass is 479 g/mol. The van der Waals surface area contributed by atoms with Gasteiger partial charge in [-0.15, -0.1) is 10.1 Å². The van der Waals surface area contributed by atoms with Crippen LogP contribution in [0.15, 0.2) is 30.3 Å². The first-order valence-corrected chi connectivity index (χ1v) is 11.6. The molecule has 0 aromatic heterocycles. The number of unbranched alkanes of at least 4 members (excludes halogenated alkanes) is 2. The van der Waals surface area contributed by atoms with Gasteiger partial charge in [0, 0.05) is 6.54 Å². The molecule has 1 saturated heterocycles. The molecule has 34 heavy (non-hydrogen) atoms. The maximum absolute atomic E-state index is 12.9. The molecule has 188 valence electrons. The number of aliphatic carboxylic acids is 1. The Bertz CT molecular complexity index is 820. The lowest BCUT2D eigenvalue weighted by atomic mass is 10.0. The fraction of sp³-hybridized carbons (Fsp3) is 0.609. The Morgan fingerprint density at radius 2 is 1.91 bits per heavy atom. The molecule has 0 saturated carbocycles. The number of hydrogen-bond donors (Lipinski definition) is 2. The molecular formula is C23H33N3O8. The molecule has 1 aromatic carbocycles. The Hall–Kier alpha value is -3.21. The molecule has 2 rings (SSSR count). The van der Waals surface area contributed by atoms with Crippen LogP contribution in [0, 0.1) is 10.1 Å². The van der Waals surface area contributed by atoms with Crippen LogP contribution in [0.5, 0.6) is 0 Å². The first-order chi connectivity index (χ1) is 16.3. The van der Waals surface area contributed by atoms with Crippen molar-refractivity contribution in [3.05, 3.63) is 46.0 Å². The van der Waals surface area contributed by atoms with Crippen molar-refractivity contribution in [1.29, 1.82) is 0 Å². The van der Waals surface area contributed by atoms with Crippen LogP contribution >= 0.6 is 0 Å². The molecule has 1 aromatic rings. The summed E-state index contributed by atoms with van der Waals surface area (Å²) in [6, 6.07) is 7.27. The number of amides is 1. The van der Waals surface area contributed by atoms with Crippen LogP contribution in [0.4, 0.5) is 0 Å². The predicted octanol–water partition coefficient (Wildman–Crippen LogP) is 1.96. The molecule has 3 unspecified atom stereocenters. The van der Waals surface area contributed by atoms with Gasteiger partial charge >= 0.3 is 11.9 Å². The quantitative estimate of drug-likeness (QED) is 0.167. The van der Waals surface area contributed by atoms with Gasteiger partial charge in [0.1, 0.15) is 12.1 Å². The normalized spacial score (nSPS) is 17.1. The van der Waals surface area contributed by atoms with Gasteiger partial charge < -0.3 is 19.6 Å². The van der Waals surface area contributed by atoms with Gasteiger partial charge in [-0.05, 0) is 57.4 Å². The number of carboxylic acid groups (broad SMARTS) is 1. The summed E-state index contributed by atoms with van der Waals surface area (Å²) in [4.78, 5) is 52.8. The van der Waals surface area contributed by atoms with Crippen molar-refractivity contribution in [3.63, 3.8) is 0 Å². The van der Waals surface area contributed by atoms with E-state index in [1.165, 1.54) is 4.90 Å². The average molecular weight is 480 g/mol. The molecule has 0 radical (unpaired) electrons. The first-order valence-electron chi connectivity index (χ1n) is 11.6. The molecule has 0 aliphatic carbocycles. The molecule has 3 atom stereocenters. The molecule has 1 aliphatic rings. The number of rotatable bonds is 15. The highest BCUT2D eigenvalue weighted by molar-refractivity contribution is 5.88. The number of esters is 1. The molecule has 0 spiro atoms. The van der Waals surface area contributed by atoms with Crippen LogP contribution < -0.4 is 5.32 Å². The van der Waals surface area contributed by atoms with Gasteiger partial charge in [-0.25, -0.2) is 4.79 Å². The topological polar surface area (TPSA) is 148 Å². The number of benzene rings is 1. The summed E-state index contributed by atoms with van der Waals surface area (Å²) >= 11 is 0. The molecule has 11 nitrogen and oxygen atoms in total. The van der Waals surface area contributed by atoms with Gasteiger partial charge in [0.2, 0.25) is 5.91 Å². The van der Waals surface area contributed by atoms with E-state index < -0.39 is 35.2 Å². The van der Waals surface area contributed by atoms with E-state index in [9.17, 15) is 29.6 Å². The van der Waals surface area contributed by atoms with Crippen LogP contribution in [0.25, 0.3) is 0 Å². The van der Waals surface area contributed by atoms with Crippen LogP contribution in [-0.2, 0) is 30.4 Å². The lowest BCUT2D eigenvalue weighted by molar-refractivity contribution is -0.757. The second-order valence-electron chi connectivity index (χ2n) is 8.28. The lowest BCUT2D eigenvalue weighted by Gasteiger charge is -2.28. The SMILES string of the molecule is CC(NC(CCc1ccccc1)C(=O)OCCCCCO[N+](=O)[O-])C(=O)N1CCCC1C(=O)O. The number of carboxylic acids is 1. The minimum Gasteiger partial charge on any atom is -0.480 e. The highest BCUT2D eigenvalue weighted by Crippen LogP contribution is 2.19. The Labute approximate surface area is 198 Å². The maximum atomic E-state index is 12.9. The van der Waals surface area contributed by atoms with Crippen molar-refractivity contribution in [2.45, 2.75) is 70.0 Å². The number of ether oxygens (including phenoxy) is 1. The zero-order valence-corrected chi connectivity index (χ0v) is 19.4. The summed E-state index contributed by atoms with van der Waals surface area (Å²) in [5.74, 6) is -1.87. The second kappa shape index (κ2) is 14.1. The van der Waals surface area contributed by atoms with E-state index in [1.807, 2.05) is 30.3 Å². The van der Waals surface area contributed by atoms with E-state index in [-0.39, 0.29) is 19.1 Å². The van der Waals surface area contributed by atoms with E-state index in [0.29, 0.717) is 51.5 Å². The summed E-state index contributed by atoms with van der Waals surface area (Å²) in [7, 11) is 0. The van der Waals surface area contributed by atoms with Gasteiger partial charge in [-0.3, -0.25) is 14.9 Å². The number of carbonyl (C=O) groups is 3. The Morgan fingerprint density at radius 3 is 2.59 bits per heavy atom. The van der Waals surface area contributed by atoms with Crippen LogP contribution in [-0.4, -0.2) is 70.8 Å². The summed E-state index contributed by atoms with van der Waals surface area (Å²) in [5.41, 5.74) is 1.04. The minimum atomic E-state index is -1.03. The highest BCUT2D eigenvalue weighted by atomic mass is 16.9. The summed E-state index contributed by atoms with van der Waals surface area (Å²) < 4.78 is 5.39. The number of likely N-dealkylation sites (tertiary alicyclic amines) is 1. The van der Waals surface area contributed by atoms with Crippen molar-refractivity contribution in [3.8, 4) is 0 Å². The van der Waals surface area contributed by atoms with Crippen LogP contribution in [0.2, 0.25) is 0 Å².